The molecule has 1 aromatic carbocycles. The molecule has 1 aromatic rings. The van der Waals surface area contributed by atoms with E-state index >= 15 is 0 Å². The van der Waals surface area contributed by atoms with Crippen LogP contribution in [0.25, 0.3) is 0 Å². The lowest BCUT2D eigenvalue weighted by Crippen LogP contribution is -2.35. The molecule has 1 fully saturated rings. The lowest BCUT2D eigenvalue weighted by molar-refractivity contribution is 0.233. The van der Waals surface area contributed by atoms with Gasteiger partial charge in [0.25, 0.3) is 0 Å². The van der Waals surface area contributed by atoms with Crippen molar-refractivity contribution in [3.8, 4) is 11.8 Å². The molecule has 0 bridgehead atoms. The molecule has 0 aromatic heterocycles. The fourth-order valence-electron chi connectivity index (χ4n) is 2.42. The van der Waals surface area contributed by atoms with Crippen LogP contribution in [-0.2, 0) is 0 Å². The van der Waals surface area contributed by atoms with Crippen molar-refractivity contribution in [2.45, 2.75) is 39.0 Å². The Morgan fingerprint density at radius 1 is 1.42 bits per heavy atom. The van der Waals surface area contributed by atoms with Gasteiger partial charge in [-0.15, -0.1) is 0 Å². The molecular formula is C16H22N2O. The Bertz CT molecular complexity index is 484. The van der Waals surface area contributed by atoms with E-state index in [-0.39, 0.29) is 5.41 Å². The number of anilines is 1. The van der Waals surface area contributed by atoms with Gasteiger partial charge in [0.05, 0.1) is 24.3 Å². The van der Waals surface area contributed by atoms with Gasteiger partial charge in [0.1, 0.15) is 5.75 Å². The Morgan fingerprint density at radius 3 is 2.63 bits per heavy atom. The second-order valence-electron chi connectivity index (χ2n) is 5.71. The first-order valence-corrected chi connectivity index (χ1v) is 6.93. The quantitative estimate of drug-likeness (QED) is 0.870. The highest BCUT2D eigenvalue weighted by Crippen LogP contribution is 2.41. The van der Waals surface area contributed by atoms with Gasteiger partial charge in [-0.3, -0.25) is 0 Å². The maximum absolute atomic E-state index is 9.26. The third-order valence-electron chi connectivity index (χ3n) is 4.06. The molecule has 19 heavy (non-hydrogen) atoms. The number of ether oxygens (including phenoxy) is 1. The number of nitriles is 1. The SMILES string of the molecule is COc1ccc(C(C)C)cc1NCC1(C#N)CCC1. The summed E-state index contributed by atoms with van der Waals surface area (Å²) in [7, 11) is 1.68. The summed E-state index contributed by atoms with van der Waals surface area (Å²) in [5.74, 6) is 1.33. The molecule has 0 unspecified atom stereocenters. The zero-order valence-corrected chi connectivity index (χ0v) is 12.0. The molecule has 0 saturated heterocycles. The Labute approximate surface area is 115 Å². The van der Waals surface area contributed by atoms with Crippen molar-refractivity contribution in [2.75, 3.05) is 19.0 Å². The minimum Gasteiger partial charge on any atom is -0.495 e. The summed E-state index contributed by atoms with van der Waals surface area (Å²) in [6, 6.07) is 8.68. The van der Waals surface area contributed by atoms with Crippen molar-refractivity contribution in [2.24, 2.45) is 5.41 Å². The van der Waals surface area contributed by atoms with E-state index in [0.717, 1.165) is 24.3 Å². The summed E-state index contributed by atoms with van der Waals surface area (Å²) in [5.41, 5.74) is 2.11. The van der Waals surface area contributed by atoms with Crippen LogP contribution in [0.1, 0.15) is 44.6 Å². The number of methoxy groups -OCH3 is 1. The minimum atomic E-state index is -0.168. The maximum atomic E-state index is 9.26. The third kappa shape index (κ3) is 2.84. The van der Waals surface area contributed by atoms with Gasteiger partial charge < -0.3 is 10.1 Å². The molecule has 0 heterocycles. The average Bonchev–Trinajstić information content (AvgIpc) is 2.37. The molecule has 0 amide bonds. The van der Waals surface area contributed by atoms with Crippen molar-refractivity contribution in [1.29, 1.82) is 5.26 Å². The molecule has 2 rings (SSSR count). The van der Waals surface area contributed by atoms with Gasteiger partial charge in [-0.2, -0.15) is 5.26 Å². The number of hydrogen-bond donors (Lipinski definition) is 1. The van der Waals surface area contributed by atoms with Crippen molar-refractivity contribution in [1.82, 2.24) is 0 Å². The molecule has 1 saturated carbocycles. The standard InChI is InChI=1S/C16H22N2O/c1-12(2)13-5-6-15(19-3)14(9-13)18-11-16(10-17)7-4-8-16/h5-6,9,12,18H,4,7-8,11H2,1-3H3. The summed E-state index contributed by atoms with van der Waals surface area (Å²) < 4.78 is 5.39. The summed E-state index contributed by atoms with van der Waals surface area (Å²) in [5, 5.41) is 12.7. The van der Waals surface area contributed by atoms with Crippen LogP contribution >= 0.6 is 0 Å². The zero-order chi connectivity index (χ0) is 13.9. The van der Waals surface area contributed by atoms with E-state index in [1.807, 2.05) is 6.07 Å². The molecule has 0 aliphatic heterocycles. The molecular weight excluding hydrogens is 236 g/mol. The number of nitrogens with zero attached hydrogens (tertiary/aromatic N) is 1. The number of nitrogens with one attached hydrogen (secondary N) is 1. The van der Waals surface area contributed by atoms with Gasteiger partial charge in [-0.1, -0.05) is 26.3 Å². The maximum Gasteiger partial charge on any atom is 0.141 e. The Hall–Kier alpha value is -1.69. The van der Waals surface area contributed by atoms with Gasteiger partial charge in [-0.05, 0) is 36.5 Å². The first kappa shape index (κ1) is 13.7. The highest BCUT2D eigenvalue weighted by Gasteiger charge is 2.37. The van der Waals surface area contributed by atoms with Crippen LogP contribution < -0.4 is 10.1 Å². The smallest absolute Gasteiger partial charge is 0.141 e. The normalized spacial score (nSPS) is 16.6. The summed E-state index contributed by atoms with van der Waals surface area (Å²) in [6.07, 6.45) is 3.17. The van der Waals surface area contributed by atoms with E-state index < -0.39 is 0 Å². The molecule has 0 spiro atoms. The monoisotopic (exact) mass is 258 g/mol. The number of rotatable bonds is 5. The van der Waals surface area contributed by atoms with Crippen molar-refractivity contribution >= 4 is 5.69 Å². The van der Waals surface area contributed by atoms with Gasteiger partial charge in [0.15, 0.2) is 0 Å². The third-order valence-corrected chi connectivity index (χ3v) is 4.06. The number of hydrogen-bond acceptors (Lipinski definition) is 3. The van der Waals surface area contributed by atoms with E-state index in [1.54, 1.807) is 7.11 Å². The topological polar surface area (TPSA) is 45.0 Å². The van der Waals surface area contributed by atoms with E-state index in [0.29, 0.717) is 12.5 Å². The van der Waals surface area contributed by atoms with E-state index in [9.17, 15) is 5.26 Å². The van der Waals surface area contributed by atoms with Crippen LogP contribution in [0.4, 0.5) is 5.69 Å². The summed E-state index contributed by atoms with van der Waals surface area (Å²) in [4.78, 5) is 0. The van der Waals surface area contributed by atoms with Gasteiger partial charge in [0.2, 0.25) is 0 Å². The molecule has 0 atom stereocenters. The van der Waals surface area contributed by atoms with Gasteiger partial charge >= 0.3 is 0 Å². The molecule has 0 radical (unpaired) electrons. The van der Waals surface area contributed by atoms with E-state index in [4.69, 9.17) is 4.74 Å². The van der Waals surface area contributed by atoms with Crippen molar-refractivity contribution < 1.29 is 4.74 Å². The van der Waals surface area contributed by atoms with Crippen LogP contribution in [-0.4, -0.2) is 13.7 Å². The molecule has 1 aliphatic carbocycles. The van der Waals surface area contributed by atoms with Crippen LogP contribution in [0.5, 0.6) is 5.75 Å². The fraction of sp³-hybridized carbons (Fsp3) is 0.562. The lowest BCUT2D eigenvalue weighted by atomic mass is 9.70. The highest BCUT2D eigenvalue weighted by molar-refractivity contribution is 5.58. The minimum absolute atomic E-state index is 0.168. The Kier molecular flexibility index (Phi) is 3.99. The molecule has 1 aliphatic rings. The zero-order valence-electron chi connectivity index (χ0n) is 12.0. The summed E-state index contributed by atoms with van der Waals surface area (Å²) >= 11 is 0. The fourth-order valence-corrected chi connectivity index (χ4v) is 2.42. The molecule has 3 heteroatoms. The largest absolute Gasteiger partial charge is 0.495 e. The Morgan fingerprint density at radius 2 is 2.16 bits per heavy atom. The van der Waals surface area contributed by atoms with Crippen molar-refractivity contribution in [3.63, 3.8) is 0 Å². The predicted molar refractivity (Wildman–Crippen MR) is 77.5 cm³/mol. The van der Waals surface area contributed by atoms with Crippen molar-refractivity contribution in [3.05, 3.63) is 23.8 Å². The second kappa shape index (κ2) is 5.52. The summed E-state index contributed by atoms with van der Waals surface area (Å²) in [6.45, 7) is 5.06. The highest BCUT2D eigenvalue weighted by atomic mass is 16.5. The molecule has 1 N–H and O–H groups in total. The average molecular weight is 258 g/mol. The molecule has 3 nitrogen and oxygen atoms in total. The van der Waals surface area contributed by atoms with Crippen LogP contribution in [0.3, 0.4) is 0 Å². The second-order valence-corrected chi connectivity index (χ2v) is 5.71. The van der Waals surface area contributed by atoms with Gasteiger partial charge in [0, 0.05) is 6.54 Å². The van der Waals surface area contributed by atoms with E-state index in [1.165, 1.54) is 12.0 Å². The first-order valence-electron chi connectivity index (χ1n) is 6.93. The van der Waals surface area contributed by atoms with Crippen LogP contribution in [0.2, 0.25) is 0 Å². The molecule has 102 valence electrons. The number of benzene rings is 1. The Balaban J connectivity index is 2.14. The predicted octanol–water partition coefficient (Wildman–Crippen LogP) is 3.92. The lowest BCUT2D eigenvalue weighted by Gasteiger charge is -2.35. The van der Waals surface area contributed by atoms with E-state index in [2.05, 4.69) is 37.4 Å². The van der Waals surface area contributed by atoms with Crippen LogP contribution in [0.15, 0.2) is 18.2 Å². The van der Waals surface area contributed by atoms with Gasteiger partial charge in [-0.25, -0.2) is 0 Å². The first-order chi connectivity index (χ1) is 9.10. The van der Waals surface area contributed by atoms with Crippen LogP contribution in [0, 0.1) is 16.7 Å².